The molecule has 6 nitrogen and oxygen atoms in total. The summed E-state index contributed by atoms with van der Waals surface area (Å²) < 4.78 is 1.98. The fraction of sp³-hybridized carbons (Fsp3) is 0.308. The second-order valence-corrected chi connectivity index (χ2v) is 10.8. The number of nitrogens with zero attached hydrogens (tertiary/aromatic N) is 4. The van der Waals surface area contributed by atoms with Crippen molar-refractivity contribution in [1.29, 1.82) is 0 Å². The summed E-state index contributed by atoms with van der Waals surface area (Å²) >= 11 is 13.1. The van der Waals surface area contributed by atoms with Crippen molar-refractivity contribution < 1.29 is 4.79 Å². The molecule has 9 heteroatoms. The minimum atomic E-state index is -0.228. The largest absolute Gasteiger partial charge is 0.353 e. The van der Waals surface area contributed by atoms with Gasteiger partial charge in [0, 0.05) is 23.8 Å². The highest BCUT2D eigenvalue weighted by Gasteiger charge is 2.34. The Hall–Kier alpha value is -2.68. The molecule has 1 atom stereocenters. The molecule has 0 aliphatic carbocycles. The first-order valence-electron chi connectivity index (χ1n) is 11.7. The maximum absolute atomic E-state index is 13.6. The number of piperidine rings is 1. The molecule has 5 rings (SSSR count). The van der Waals surface area contributed by atoms with Crippen LogP contribution in [0.15, 0.2) is 58.4 Å². The Kier molecular flexibility index (Phi) is 6.95. The Balaban J connectivity index is 1.58. The normalized spacial score (nSPS) is 19.8. The molecule has 0 radical (unpaired) electrons. The monoisotopic (exact) mass is 524 g/mol. The lowest BCUT2D eigenvalue weighted by atomic mass is 9.99. The van der Waals surface area contributed by atoms with Crippen molar-refractivity contribution in [3.05, 3.63) is 80.1 Å². The molecule has 2 aromatic heterocycles. The molecular weight excluding hydrogens is 500 g/mol. The molecule has 35 heavy (non-hydrogen) atoms. The number of anilines is 1. The molecule has 1 amide bonds. The zero-order valence-electron chi connectivity index (χ0n) is 19.3. The van der Waals surface area contributed by atoms with Crippen molar-refractivity contribution in [3.8, 4) is 0 Å². The molecule has 2 fully saturated rings. The third-order valence-electron chi connectivity index (χ3n) is 6.55. The number of carbonyl (C=O) groups excluding carboxylic acids is 1. The Morgan fingerprint density at radius 1 is 1.17 bits per heavy atom. The van der Waals surface area contributed by atoms with Gasteiger partial charge in [0.15, 0.2) is 0 Å². The predicted molar refractivity (Wildman–Crippen MR) is 147 cm³/mol. The van der Waals surface area contributed by atoms with Crippen LogP contribution >= 0.6 is 35.6 Å². The molecule has 180 valence electrons. The van der Waals surface area contributed by atoms with E-state index < -0.39 is 0 Å². The molecule has 0 bridgehead atoms. The van der Waals surface area contributed by atoms with E-state index in [0.29, 0.717) is 37.3 Å². The quantitative estimate of drug-likeness (QED) is 0.323. The lowest BCUT2D eigenvalue weighted by Gasteiger charge is -2.37. The number of rotatable bonds is 5. The van der Waals surface area contributed by atoms with Crippen LogP contribution < -0.4 is 10.5 Å². The van der Waals surface area contributed by atoms with E-state index >= 15 is 0 Å². The summed E-state index contributed by atoms with van der Waals surface area (Å²) in [6.07, 6.45) is 7.63. The Labute approximate surface area is 218 Å². The van der Waals surface area contributed by atoms with Crippen molar-refractivity contribution in [3.63, 3.8) is 0 Å². The van der Waals surface area contributed by atoms with Gasteiger partial charge < -0.3 is 4.90 Å². The summed E-state index contributed by atoms with van der Waals surface area (Å²) in [4.78, 5) is 36.1. The highest BCUT2D eigenvalue weighted by Crippen LogP contribution is 2.36. The summed E-state index contributed by atoms with van der Waals surface area (Å²) in [7, 11) is 0. The molecule has 2 aliphatic rings. The lowest BCUT2D eigenvalue weighted by Crippen LogP contribution is -2.41. The summed E-state index contributed by atoms with van der Waals surface area (Å²) in [6.45, 7) is 3.28. The van der Waals surface area contributed by atoms with Crippen LogP contribution in [0.2, 0.25) is 5.02 Å². The maximum Gasteiger partial charge on any atom is 0.267 e. The number of halogens is 1. The highest BCUT2D eigenvalue weighted by atomic mass is 35.5. The van der Waals surface area contributed by atoms with E-state index in [-0.39, 0.29) is 18.0 Å². The number of hydrogen-bond donors (Lipinski definition) is 0. The average molecular weight is 525 g/mol. The van der Waals surface area contributed by atoms with Crippen molar-refractivity contribution >= 4 is 63.3 Å². The van der Waals surface area contributed by atoms with E-state index in [4.69, 9.17) is 28.8 Å². The summed E-state index contributed by atoms with van der Waals surface area (Å²) in [5.74, 6) is 0.415. The van der Waals surface area contributed by atoms with E-state index in [9.17, 15) is 9.59 Å². The Morgan fingerprint density at radius 3 is 2.77 bits per heavy atom. The van der Waals surface area contributed by atoms with Gasteiger partial charge in [0.25, 0.3) is 11.5 Å². The lowest BCUT2D eigenvalue weighted by molar-refractivity contribution is -0.122. The standard InChI is InChI=1S/C26H25ClN4O2S2/c1-2-18-10-5-7-13-29(18)23-19(24(32)30-14-8-6-12-22(30)28-23)15-21-25(33)31(26(34)35-21)16-17-9-3-4-11-20(17)27/h3-4,6,8-9,11-12,14-15,18H,2,5,7,10,13,16H2,1H3. The van der Waals surface area contributed by atoms with Crippen LogP contribution in [-0.2, 0) is 11.3 Å². The van der Waals surface area contributed by atoms with Crippen LogP contribution in [0.25, 0.3) is 11.7 Å². The van der Waals surface area contributed by atoms with Crippen LogP contribution in [0, 0.1) is 0 Å². The van der Waals surface area contributed by atoms with Crippen molar-refractivity contribution in [2.45, 2.75) is 45.2 Å². The number of thiocarbonyl (C=S) groups is 1. The molecule has 0 saturated carbocycles. The van der Waals surface area contributed by atoms with Gasteiger partial charge in [-0.3, -0.25) is 18.9 Å². The van der Waals surface area contributed by atoms with E-state index in [1.165, 1.54) is 21.1 Å². The third kappa shape index (κ3) is 4.62. The predicted octanol–water partition coefficient (Wildman–Crippen LogP) is 5.52. The van der Waals surface area contributed by atoms with Crippen LogP contribution in [0.4, 0.5) is 5.82 Å². The van der Waals surface area contributed by atoms with E-state index in [1.807, 2.05) is 30.3 Å². The van der Waals surface area contributed by atoms with Crippen LogP contribution in [0.1, 0.15) is 43.7 Å². The molecule has 2 saturated heterocycles. The van der Waals surface area contributed by atoms with Crippen LogP contribution in [0.5, 0.6) is 0 Å². The molecule has 0 N–H and O–H groups in total. The van der Waals surface area contributed by atoms with Gasteiger partial charge in [-0.25, -0.2) is 4.98 Å². The fourth-order valence-electron chi connectivity index (χ4n) is 4.70. The molecule has 1 aromatic carbocycles. The number of aromatic nitrogens is 2. The second kappa shape index (κ2) is 10.1. The molecule has 4 heterocycles. The number of hydrogen-bond acceptors (Lipinski definition) is 6. The molecular formula is C26H25ClN4O2S2. The highest BCUT2D eigenvalue weighted by molar-refractivity contribution is 8.26. The maximum atomic E-state index is 13.6. The Bertz CT molecular complexity index is 1400. The van der Waals surface area contributed by atoms with Gasteiger partial charge in [-0.05, 0) is 55.5 Å². The fourth-order valence-corrected chi connectivity index (χ4v) is 6.14. The summed E-state index contributed by atoms with van der Waals surface area (Å²) in [5, 5.41) is 0.584. The van der Waals surface area contributed by atoms with Gasteiger partial charge in [-0.15, -0.1) is 0 Å². The van der Waals surface area contributed by atoms with Crippen molar-refractivity contribution in [2.75, 3.05) is 11.4 Å². The number of carbonyl (C=O) groups is 1. The van der Waals surface area contributed by atoms with Gasteiger partial charge in [0.2, 0.25) is 0 Å². The third-order valence-corrected chi connectivity index (χ3v) is 8.30. The average Bonchev–Trinajstić information content (AvgIpc) is 3.14. The van der Waals surface area contributed by atoms with Gasteiger partial charge in [-0.1, -0.05) is 66.8 Å². The molecule has 2 aliphatic heterocycles. The number of fused-ring (bicyclic) bond motifs is 1. The first kappa shape index (κ1) is 24.0. The van der Waals surface area contributed by atoms with Crippen LogP contribution in [0.3, 0.4) is 0 Å². The van der Waals surface area contributed by atoms with Gasteiger partial charge in [-0.2, -0.15) is 0 Å². The minimum absolute atomic E-state index is 0.192. The van der Waals surface area contributed by atoms with Crippen molar-refractivity contribution in [2.24, 2.45) is 0 Å². The number of thioether (sulfide) groups is 1. The van der Waals surface area contributed by atoms with Gasteiger partial charge in [0.05, 0.1) is 17.0 Å². The molecule has 0 spiro atoms. The summed E-state index contributed by atoms with van der Waals surface area (Å²) in [5.41, 5.74) is 1.64. The topological polar surface area (TPSA) is 57.9 Å². The molecule has 3 aromatic rings. The molecule has 1 unspecified atom stereocenters. The smallest absolute Gasteiger partial charge is 0.267 e. The number of amides is 1. The zero-order valence-corrected chi connectivity index (χ0v) is 21.7. The zero-order chi connectivity index (χ0) is 24.5. The summed E-state index contributed by atoms with van der Waals surface area (Å²) in [6, 6.07) is 13.2. The minimum Gasteiger partial charge on any atom is -0.353 e. The SMILES string of the molecule is CCC1CCCCN1c1nc2ccccn2c(=O)c1C=C1SC(=S)N(Cc2ccccc2Cl)C1=O. The first-order valence-corrected chi connectivity index (χ1v) is 13.3. The number of pyridine rings is 1. The number of benzene rings is 1. The van der Waals surface area contributed by atoms with Gasteiger partial charge in [0.1, 0.15) is 15.8 Å². The van der Waals surface area contributed by atoms with E-state index in [0.717, 1.165) is 37.8 Å². The Morgan fingerprint density at radius 2 is 1.97 bits per heavy atom. The van der Waals surface area contributed by atoms with E-state index in [2.05, 4.69) is 11.8 Å². The van der Waals surface area contributed by atoms with Crippen molar-refractivity contribution in [1.82, 2.24) is 14.3 Å². The van der Waals surface area contributed by atoms with E-state index in [1.54, 1.807) is 24.4 Å². The second-order valence-electron chi connectivity index (χ2n) is 8.69. The first-order chi connectivity index (χ1) is 17.0. The van der Waals surface area contributed by atoms with Crippen LogP contribution in [-0.4, -0.2) is 37.1 Å². The van der Waals surface area contributed by atoms with Gasteiger partial charge >= 0.3 is 0 Å².